The van der Waals surface area contributed by atoms with E-state index in [9.17, 15) is 9.59 Å². The molecule has 2 heterocycles. The lowest BCUT2D eigenvalue weighted by atomic mass is 9.95. The lowest BCUT2D eigenvalue weighted by molar-refractivity contribution is 0.0938. The molecule has 1 aliphatic carbocycles. The number of hydrogen-bond donors (Lipinski definition) is 1. The van der Waals surface area contributed by atoms with Crippen molar-refractivity contribution in [3.8, 4) is 0 Å². The van der Waals surface area contributed by atoms with Crippen LogP contribution in [-0.4, -0.2) is 21.3 Å². The van der Waals surface area contributed by atoms with Crippen LogP contribution in [0, 0.1) is 0 Å². The summed E-state index contributed by atoms with van der Waals surface area (Å²) in [6.45, 7) is 1.99. The van der Waals surface area contributed by atoms with Gasteiger partial charge in [0.05, 0.1) is 0 Å². The maximum atomic E-state index is 12.4. The first-order chi connectivity index (χ1) is 10.1. The van der Waals surface area contributed by atoms with Crippen molar-refractivity contribution in [3.05, 3.63) is 45.3 Å². The van der Waals surface area contributed by atoms with Crippen molar-refractivity contribution in [1.29, 1.82) is 0 Å². The minimum atomic E-state index is -0.382. The number of thiazole rings is 1. The molecule has 2 aromatic heterocycles. The summed E-state index contributed by atoms with van der Waals surface area (Å²) in [6, 6.07) is 1.28. The number of carbonyl (C=O) groups is 1. The van der Waals surface area contributed by atoms with Crippen molar-refractivity contribution in [2.24, 2.45) is 0 Å². The van der Waals surface area contributed by atoms with Crippen LogP contribution in [-0.2, 0) is 0 Å². The molecule has 0 fully saturated rings. The number of carbonyl (C=O) groups excluding carboxylic acids is 1. The van der Waals surface area contributed by atoms with Crippen LogP contribution in [0.1, 0.15) is 43.1 Å². The second kappa shape index (κ2) is 5.81. The molecular formula is C15H17N3O2S. The highest BCUT2D eigenvalue weighted by atomic mass is 32.1. The van der Waals surface area contributed by atoms with Crippen LogP contribution in [0.3, 0.4) is 0 Å². The molecule has 1 N–H and O–H groups in total. The number of aromatic nitrogens is 2. The molecule has 1 aliphatic rings. The maximum Gasteiger partial charge on any atom is 0.274 e. The van der Waals surface area contributed by atoms with Crippen LogP contribution >= 0.6 is 11.3 Å². The van der Waals surface area contributed by atoms with Gasteiger partial charge in [-0.3, -0.25) is 14.0 Å². The molecule has 0 aromatic carbocycles. The molecule has 6 heteroatoms. The fourth-order valence-electron chi connectivity index (χ4n) is 2.64. The minimum Gasteiger partial charge on any atom is -0.345 e. The van der Waals surface area contributed by atoms with E-state index in [1.807, 2.05) is 12.3 Å². The van der Waals surface area contributed by atoms with Crippen LogP contribution in [0.4, 0.5) is 0 Å². The number of nitrogens with one attached hydrogen (secondary N) is 1. The smallest absolute Gasteiger partial charge is 0.274 e. The summed E-state index contributed by atoms with van der Waals surface area (Å²) in [7, 11) is 0. The lowest BCUT2D eigenvalue weighted by Crippen LogP contribution is -2.36. The summed E-state index contributed by atoms with van der Waals surface area (Å²) in [6.07, 6.45) is 8.48. The molecule has 0 spiro atoms. The Kier molecular flexibility index (Phi) is 3.88. The van der Waals surface area contributed by atoms with Gasteiger partial charge in [-0.05, 0) is 32.6 Å². The van der Waals surface area contributed by atoms with Gasteiger partial charge in [-0.15, -0.1) is 11.3 Å². The number of rotatable bonds is 3. The predicted octanol–water partition coefficient (Wildman–Crippen LogP) is 2.37. The Hall–Kier alpha value is -1.95. The molecular weight excluding hydrogens is 286 g/mol. The van der Waals surface area contributed by atoms with Gasteiger partial charge in [0.25, 0.3) is 11.5 Å². The normalized spacial score (nSPS) is 16.5. The molecule has 0 saturated heterocycles. The summed E-state index contributed by atoms with van der Waals surface area (Å²) in [5.74, 6) is -0.234. The van der Waals surface area contributed by atoms with E-state index in [2.05, 4.69) is 16.4 Å². The molecule has 0 aliphatic heterocycles. The third-order valence-electron chi connectivity index (χ3n) is 3.78. The quantitative estimate of drug-likeness (QED) is 0.885. The van der Waals surface area contributed by atoms with E-state index < -0.39 is 0 Å². The number of fused-ring (bicyclic) bond motifs is 1. The van der Waals surface area contributed by atoms with Gasteiger partial charge in [-0.1, -0.05) is 11.6 Å². The van der Waals surface area contributed by atoms with Crippen LogP contribution in [0.25, 0.3) is 4.96 Å². The summed E-state index contributed by atoms with van der Waals surface area (Å²) >= 11 is 1.34. The highest BCUT2D eigenvalue weighted by Gasteiger charge is 2.17. The van der Waals surface area contributed by atoms with Crippen molar-refractivity contribution in [2.75, 3.05) is 0 Å². The van der Waals surface area contributed by atoms with Gasteiger partial charge >= 0.3 is 0 Å². The molecule has 21 heavy (non-hydrogen) atoms. The van der Waals surface area contributed by atoms with Crippen molar-refractivity contribution in [1.82, 2.24) is 14.7 Å². The Labute approximate surface area is 126 Å². The highest BCUT2D eigenvalue weighted by Crippen LogP contribution is 2.20. The Morgan fingerprint density at radius 1 is 1.48 bits per heavy atom. The molecule has 2 aromatic rings. The predicted molar refractivity (Wildman–Crippen MR) is 82.8 cm³/mol. The molecule has 1 atom stereocenters. The molecule has 1 amide bonds. The molecule has 0 radical (unpaired) electrons. The topological polar surface area (TPSA) is 63.5 Å². The van der Waals surface area contributed by atoms with E-state index in [4.69, 9.17) is 0 Å². The first-order valence-corrected chi connectivity index (χ1v) is 8.00. The average Bonchev–Trinajstić information content (AvgIpc) is 2.95. The van der Waals surface area contributed by atoms with Crippen LogP contribution in [0.2, 0.25) is 0 Å². The molecule has 0 unspecified atom stereocenters. The summed E-state index contributed by atoms with van der Waals surface area (Å²) in [5, 5.41) is 4.80. The second-order valence-electron chi connectivity index (χ2n) is 5.26. The highest BCUT2D eigenvalue weighted by molar-refractivity contribution is 7.15. The molecule has 110 valence electrons. The third kappa shape index (κ3) is 2.90. The Morgan fingerprint density at radius 2 is 2.33 bits per heavy atom. The summed E-state index contributed by atoms with van der Waals surface area (Å²) < 4.78 is 1.66. The van der Waals surface area contributed by atoms with E-state index >= 15 is 0 Å². The molecule has 0 bridgehead atoms. The van der Waals surface area contributed by atoms with Gasteiger partial charge in [0.2, 0.25) is 0 Å². The van der Waals surface area contributed by atoms with Gasteiger partial charge in [0, 0.05) is 23.7 Å². The zero-order valence-electron chi connectivity index (χ0n) is 11.8. The number of hydrogen-bond acceptors (Lipinski definition) is 4. The molecule has 3 rings (SSSR count). The third-order valence-corrected chi connectivity index (χ3v) is 4.53. The fourth-order valence-corrected chi connectivity index (χ4v) is 3.36. The Bertz CT molecular complexity index is 760. The van der Waals surface area contributed by atoms with Crippen molar-refractivity contribution in [2.45, 2.75) is 38.6 Å². The van der Waals surface area contributed by atoms with E-state index in [1.54, 1.807) is 10.6 Å². The van der Waals surface area contributed by atoms with Crippen molar-refractivity contribution >= 4 is 22.2 Å². The van der Waals surface area contributed by atoms with Gasteiger partial charge in [0.15, 0.2) is 4.96 Å². The Balaban J connectivity index is 1.85. The summed E-state index contributed by atoms with van der Waals surface area (Å²) in [4.78, 5) is 28.4. The van der Waals surface area contributed by atoms with Crippen molar-refractivity contribution < 1.29 is 4.79 Å². The SMILES string of the molecule is C[C@H](NC(=O)c1cc(=O)nc2sccn12)C1=CCCCC1. The van der Waals surface area contributed by atoms with E-state index in [0.717, 1.165) is 12.8 Å². The lowest BCUT2D eigenvalue weighted by Gasteiger charge is -2.21. The average molecular weight is 303 g/mol. The molecule has 5 nitrogen and oxygen atoms in total. The second-order valence-corrected chi connectivity index (χ2v) is 6.13. The van der Waals surface area contributed by atoms with Crippen molar-refractivity contribution in [3.63, 3.8) is 0 Å². The van der Waals surface area contributed by atoms with E-state index in [-0.39, 0.29) is 17.5 Å². The van der Waals surface area contributed by atoms with Crippen LogP contribution in [0.15, 0.2) is 34.1 Å². The first kappa shape index (κ1) is 14.0. The molecule has 0 saturated carbocycles. The first-order valence-electron chi connectivity index (χ1n) is 7.12. The standard InChI is InChI=1S/C15H17N3O2S/c1-10(11-5-3-2-4-6-11)16-14(20)12-9-13(19)17-15-18(12)7-8-21-15/h5,7-10H,2-4,6H2,1H3,(H,16,20)/t10-/m0/s1. The largest absolute Gasteiger partial charge is 0.345 e. The summed E-state index contributed by atoms with van der Waals surface area (Å²) in [5.41, 5.74) is 1.24. The van der Waals surface area contributed by atoms with Crippen LogP contribution in [0.5, 0.6) is 0 Å². The monoisotopic (exact) mass is 303 g/mol. The van der Waals surface area contributed by atoms with Gasteiger partial charge in [0.1, 0.15) is 5.69 Å². The van der Waals surface area contributed by atoms with Gasteiger partial charge < -0.3 is 5.32 Å². The Morgan fingerprint density at radius 3 is 3.10 bits per heavy atom. The van der Waals surface area contributed by atoms with E-state index in [0.29, 0.717) is 10.7 Å². The number of amides is 1. The van der Waals surface area contributed by atoms with Gasteiger partial charge in [-0.2, -0.15) is 4.98 Å². The zero-order valence-corrected chi connectivity index (χ0v) is 12.7. The fraction of sp³-hybridized carbons (Fsp3) is 0.400. The van der Waals surface area contributed by atoms with Gasteiger partial charge in [-0.25, -0.2) is 0 Å². The maximum absolute atomic E-state index is 12.4. The van der Waals surface area contributed by atoms with Crippen LogP contribution < -0.4 is 10.9 Å². The minimum absolute atomic E-state index is 0.00430. The number of nitrogens with zero attached hydrogens (tertiary/aromatic N) is 2. The van der Waals surface area contributed by atoms with E-state index in [1.165, 1.54) is 35.8 Å². The zero-order chi connectivity index (χ0) is 14.8. The number of allylic oxidation sites excluding steroid dienone is 1.